The molecule has 0 spiro atoms. The van der Waals surface area contributed by atoms with Crippen molar-refractivity contribution in [1.82, 2.24) is 19.7 Å². The Bertz CT molecular complexity index is 1390. The lowest BCUT2D eigenvalue weighted by Crippen LogP contribution is -2.24. The molecule has 0 radical (unpaired) electrons. The molecule has 0 atom stereocenters. The molecule has 0 unspecified atom stereocenters. The number of nitrogens with one attached hydrogen (secondary N) is 1. The summed E-state index contributed by atoms with van der Waals surface area (Å²) in [5.41, 5.74) is 0.919. The van der Waals surface area contributed by atoms with Crippen molar-refractivity contribution in [1.29, 1.82) is 0 Å². The van der Waals surface area contributed by atoms with Gasteiger partial charge in [0, 0.05) is 18.8 Å². The van der Waals surface area contributed by atoms with Crippen LogP contribution in [-0.4, -0.2) is 27.4 Å². The summed E-state index contributed by atoms with van der Waals surface area (Å²) < 4.78 is 47.1. The molecule has 0 bridgehead atoms. The zero-order valence-electron chi connectivity index (χ0n) is 18.6. The number of nitrogens with zero attached hydrogens (tertiary/aromatic N) is 3. The summed E-state index contributed by atoms with van der Waals surface area (Å²) in [5.74, 6) is -0.406. The van der Waals surface area contributed by atoms with Crippen LogP contribution in [0.3, 0.4) is 0 Å². The van der Waals surface area contributed by atoms with Gasteiger partial charge < -0.3 is 14.6 Å². The number of carbonyl (C=O) groups is 1. The Morgan fingerprint density at radius 2 is 1.77 bits per heavy atom. The van der Waals surface area contributed by atoms with Gasteiger partial charge in [-0.3, -0.25) is 9.59 Å². The van der Waals surface area contributed by atoms with Gasteiger partial charge in [0.1, 0.15) is 0 Å². The Labute approximate surface area is 198 Å². The van der Waals surface area contributed by atoms with Gasteiger partial charge in [0.15, 0.2) is 11.4 Å². The van der Waals surface area contributed by atoms with Crippen molar-refractivity contribution in [3.8, 4) is 11.4 Å². The smallest absolute Gasteiger partial charge is 0.416 e. The van der Waals surface area contributed by atoms with Gasteiger partial charge in [-0.15, -0.1) is 0 Å². The molecule has 0 aliphatic carbocycles. The molecule has 7 nitrogen and oxygen atoms in total. The highest BCUT2D eigenvalue weighted by atomic mass is 19.4. The second-order valence-corrected chi connectivity index (χ2v) is 7.70. The highest BCUT2D eigenvalue weighted by molar-refractivity contribution is 5.94. The Hall–Kier alpha value is -4.34. The van der Waals surface area contributed by atoms with Crippen LogP contribution in [0.1, 0.15) is 27.2 Å². The summed E-state index contributed by atoms with van der Waals surface area (Å²) in [4.78, 5) is 24.6. The molecule has 1 amide bonds. The zero-order valence-corrected chi connectivity index (χ0v) is 18.6. The topological polar surface area (TPSA) is 78.2 Å². The molecule has 2 aromatic heterocycles. The van der Waals surface area contributed by atoms with Gasteiger partial charge in [0.05, 0.1) is 31.1 Å². The van der Waals surface area contributed by atoms with Crippen LogP contribution in [0.25, 0.3) is 5.69 Å². The van der Waals surface area contributed by atoms with E-state index in [0.717, 1.165) is 23.3 Å². The second kappa shape index (κ2) is 9.88. The van der Waals surface area contributed by atoms with E-state index < -0.39 is 17.6 Å². The third-order valence-corrected chi connectivity index (χ3v) is 5.28. The van der Waals surface area contributed by atoms with Crippen molar-refractivity contribution in [3.05, 3.63) is 112 Å². The second-order valence-electron chi connectivity index (χ2n) is 7.70. The first-order chi connectivity index (χ1) is 16.7. The largest absolute Gasteiger partial charge is 0.493 e. The van der Waals surface area contributed by atoms with E-state index in [-0.39, 0.29) is 29.2 Å². The number of hydrogen-bond donors (Lipinski definition) is 1. The van der Waals surface area contributed by atoms with E-state index in [1.54, 1.807) is 22.9 Å². The number of rotatable bonds is 7. The number of benzene rings is 2. The summed E-state index contributed by atoms with van der Waals surface area (Å²) in [6.45, 7) is 0.625. The predicted octanol–water partition coefficient (Wildman–Crippen LogP) is 4.04. The van der Waals surface area contributed by atoms with E-state index in [0.29, 0.717) is 6.54 Å². The van der Waals surface area contributed by atoms with Gasteiger partial charge in [-0.2, -0.15) is 18.3 Å². The maximum atomic E-state index is 13.0. The third kappa shape index (κ3) is 5.60. The van der Waals surface area contributed by atoms with Crippen LogP contribution in [0.15, 0.2) is 83.9 Å². The van der Waals surface area contributed by atoms with Crippen molar-refractivity contribution in [2.24, 2.45) is 0 Å². The molecule has 0 saturated carbocycles. The minimum absolute atomic E-state index is 0.0509. The molecule has 0 saturated heterocycles. The lowest BCUT2D eigenvalue weighted by atomic mass is 10.1. The Morgan fingerprint density at radius 3 is 2.46 bits per heavy atom. The van der Waals surface area contributed by atoms with Gasteiger partial charge in [-0.05, 0) is 35.4 Å². The molecule has 1 N–H and O–H groups in total. The molecule has 2 aromatic carbocycles. The highest BCUT2D eigenvalue weighted by Crippen LogP contribution is 2.30. The van der Waals surface area contributed by atoms with Gasteiger partial charge in [0.25, 0.3) is 11.5 Å². The van der Waals surface area contributed by atoms with E-state index in [1.165, 1.54) is 36.2 Å². The summed E-state index contributed by atoms with van der Waals surface area (Å²) in [6, 6.07) is 17.0. The highest BCUT2D eigenvalue weighted by Gasteiger charge is 2.30. The standard InChI is InChI=1S/C25H21F3N4O3/c1-35-21-16-32(20-6-4-5-19(13-20)25(26,27)28)30-23(21)24(34)29-14-17-8-10-18(11-9-17)15-31-12-3-2-7-22(31)33/h2-13,16H,14-15H2,1H3,(H,29,34). The summed E-state index contributed by atoms with van der Waals surface area (Å²) >= 11 is 0. The molecule has 180 valence electrons. The fraction of sp³-hybridized carbons (Fsp3) is 0.160. The third-order valence-electron chi connectivity index (χ3n) is 5.28. The Balaban J connectivity index is 1.44. The fourth-order valence-electron chi connectivity index (χ4n) is 3.44. The van der Waals surface area contributed by atoms with Gasteiger partial charge in [-0.25, -0.2) is 4.68 Å². The first kappa shape index (κ1) is 23.8. The number of alkyl halides is 3. The molecule has 0 fully saturated rings. The van der Waals surface area contributed by atoms with Crippen LogP contribution in [0.5, 0.6) is 5.75 Å². The number of hydrogen-bond acceptors (Lipinski definition) is 4. The van der Waals surface area contributed by atoms with Crippen LogP contribution in [-0.2, 0) is 19.3 Å². The monoisotopic (exact) mass is 482 g/mol. The molecular formula is C25H21F3N4O3. The van der Waals surface area contributed by atoms with E-state index >= 15 is 0 Å². The summed E-state index contributed by atoms with van der Waals surface area (Å²) in [7, 11) is 1.35. The van der Waals surface area contributed by atoms with Crippen LogP contribution < -0.4 is 15.6 Å². The average molecular weight is 482 g/mol. The molecule has 10 heteroatoms. The SMILES string of the molecule is COc1cn(-c2cccc(C(F)(F)F)c2)nc1C(=O)NCc1ccc(Cn2ccccc2=O)cc1. The van der Waals surface area contributed by atoms with Crippen LogP contribution in [0, 0.1) is 0 Å². The first-order valence-corrected chi connectivity index (χ1v) is 10.6. The minimum atomic E-state index is -4.50. The lowest BCUT2D eigenvalue weighted by molar-refractivity contribution is -0.137. The molecule has 2 heterocycles. The predicted molar refractivity (Wildman–Crippen MR) is 123 cm³/mol. The van der Waals surface area contributed by atoms with Crippen molar-refractivity contribution < 1.29 is 22.7 Å². The van der Waals surface area contributed by atoms with Crippen molar-refractivity contribution in [2.45, 2.75) is 19.3 Å². The van der Waals surface area contributed by atoms with E-state index in [4.69, 9.17) is 4.74 Å². The fourth-order valence-corrected chi connectivity index (χ4v) is 3.44. The van der Waals surface area contributed by atoms with Crippen molar-refractivity contribution in [3.63, 3.8) is 0 Å². The normalized spacial score (nSPS) is 11.3. The molecule has 0 aliphatic rings. The van der Waals surface area contributed by atoms with Gasteiger partial charge in [-0.1, -0.05) is 36.4 Å². The van der Waals surface area contributed by atoms with E-state index in [1.807, 2.05) is 24.3 Å². The van der Waals surface area contributed by atoms with Gasteiger partial charge in [0.2, 0.25) is 0 Å². The molecular weight excluding hydrogens is 461 g/mol. The molecule has 0 aliphatic heterocycles. The number of amides is 1. The summed E-state index contributed by atoms with van der Waals surface area (Å²) in [5, 5.41) is 6.87. The van der Waals surface area contributed by atoms with Crippen molar-refractivity contribution >= 4 is 5.91 Å². The average Bonchev–Trinajstić information content (AvgIpc) is 3.29. The maximum Gasteiger partial charge on any atom is 0.416 e. The van der Waals surface area contributed by atoms with Crippen LogP contribution >= 0.6 is 0 Å². The number of aromatic nitrogens is 3. The first-order valence-electron chi connectivity index (χ1n) is 10.6. The minimum Gasteiger partial charge on any atom is -0.493 e. The maximum absolute atomic E-state index is 13.0. The Morgan fingerprint density at radius 1 is 1.03 bits per heavy atom. The number of methoxy groups -OCH3 is 1. The quantitative estimate of drug-likeness (QED) is 0.431. The molecule has 4 rings (SSSR count). The number of ether oxygens (including phenoxy) is 1. The van der Waals surface area contributed by atoms with Crippen molar-refractivity contribution in [2.75, 3.05) is 7.11 Å². The number of pyridine rings is 1. The summed E-state index contributed by atoms with van der Waals surface area (Å²) in [6.07, 6.45) is -1.44. The van der Waals surface area contributed by atoms with Crippen LogP contribution in [0.2, 0.25) is 0 Å². The number of halogens is 3. The van der Waals surface area contributed by atoms with E-state index in [9.17, 15) is 22.8 Å². The zero-order chi connectivity index (χ0) is 25.0. The molecule has 35 heavy (non-hydrogen) atoms. The lowest BCUT2D eigenvalue weighted by Gasteiger charge is -2.08. The number of carbonyl (C=O) groups excluding carboxylic acids is 1. The Kier molecular flexibility index (Phi) is 6.72. The molecule has 4 aromatic rings. The van der Waals surface area contributed by atoms with E-state index in [2.05, 4.69) is 10.4 Å². The van der Waals surface area contributed by atoms with Gasteiger partial charge >= 0.3 is 6.18 Å². The van der Waals surface area contributed by atoms with Crippen LogP contribution in [0.4, 0.5) is 13.2 Å².